The van der Waals surface area contributed by atoms with Crippen LogP contribution in [0, 0.1) is 0 Å². The van der Waals surface area contributed by atoms with Gasteiger partial charge >= 0.3 is 35.9 Å². The van der Waals surface area contributed by atoms with E-state index in [4.69, 9.17) is 10.2 Å². The quantitative estimate of drug-likeness (QED) is 0.687. The van der Waals surface area contributed by atoms with E-state index in [0.717, 1.165) is 0 Å². The maximum atomic E-state index is 13.4. The van der Waals surface area contributed by atoms with E-state index in [1.807, 2.05) is 0 Å². The van der Waals surface area contributed by atoms with E-state index in [2.05, 4.69) is 0 Å². The third-order valence-corrected chi connectivity index (χ3v) is 3.15. The maximum absolute atomic E-state index is 13.4. The summed E-state index contributed by atoms with van der Waals surface area (Å²) in [6.45, 7) is 0. The van der Waals surface area contributed by atoms with Gasteiger partial charge in [0.25, 0.3) is 0 Å². The van der Waals surface area contributed by atoms with Gasteiger partial charge in [-0.2, -0.15) is 52.7 Å². The Morgan fingerprint density at radius 1 is 0.462 bits per heavy atom. The van der Waals surface area contributed by atoms with Crippen LogP contribution in [0.3, 0.4) is 0 Å². The Balaban J connectivity index is 3.37. The number of benzene rings is 1. The van der Waals surface area contributed by atoms with Crippen LogP contribution in [0.2, 0.25) is 0 Å². The van der Waals surface area contributed by atoms with Gasteiger partial charge in [0.05, 0.1) is 0 Å². The molecule has 150 valence electrons. The first-order valence-electron chi connectivity index (χ1n) is 6.04. The largest absolute Gasteiger partial charge is 0.423 e. The van der Waals surface area contributed by atoms with Gasteiger partial charge in [0.2, 0.25) is 0 Å². The van der Waals surface area contributed by atoms with Crippen LogP contribution in [0.4, 0.5) is 52.7 Å². The molecule has 2 nitrogen and oxygen atoms in total. The molecular weight excluding hydrogens is 404 g/mol. The number of hydrogen-bond donors (Lipinski definition) is 2. The second-order valence-corrected chi connectivity index (χ2v) is 4.96. The maximum Gasteiger partial charge on any atom is 0.423 e. The van der Waals surface area contributed by atoms with Crippen LogP contribution in [0.15, 0.2) is 24.3 Å². The molecule has 0 saturated carbocycles. The van der Waals surface area contributed by atoms with Crippen molar-refractivity contribution >= 4 is 0 Å². The van der Waals surface area contributed by atoms with Crippen molar-refractivity contribution in [3.8, 4) is 0 Å². The lowest BCUT2D eigenvalue weighted by molar-refractivity contribution is -0.389. The third-order valence-electron chi connectivity index (χ3n) is 3.15. The minimum Gasteiger partial charge on any atom is -0.331 e. The highest BCUT2D eigenvalue weighted by Gasteiger charge is 2.73. The monoisotopic (exact) mass is 410 g/mol. The number of halogens is 12. The Labute approximate surface area is 135 Å². The second-order valence-electron chi connectivity index (χ2n) is 4.96. The average Bonchev–Trinajstić information content (AvgIpc) is 2.44. The Hall–Kier alpha value is -1.70. The minimum absolute atomic E-state index is 0.436. The van der Waals surface area contributed by atoms with Crippen molar-refractivity contribution < 1.29 is 62.9 Å². The van der Waals surface area contributed by atoms with Crippen LogP contribution < -0.4 is 0 Å². The molecule has 26 heavy (non-hydrogen) atoms. The van der Waals surface area contributed by atoms with Crippen LogP contribution >= 0.6 is 0 Å². The van der Waals surface area contributed by atoms with Gasteiger partial charge in [-0.1, -0.05) is 24.3 Å². The summed E-state index contributed by atoms with van der Waals surface area (Å²) in [6, 6.07) is -1.74. The molecular formula is C12H6F12O2. The van der Waals surface area contributed by atoms with Crippen LogP contribution in [0.1, 0.15) is 11.1 Å². The van der Waals surface area contributed by atoms with E-state index in [-0.39, 0.29) is 0 Å². The van der Waals surface area contributed by atoms with E-state index >= 15 is 0 Å². The fraction of sp³-hybridized carbons (Fsp3) is 0.500. The zero-order valence-corrected chi connectivity index (χ0v) is 11.7. The van der Waals surface area contributed by atoms with E-state index < -0.39 is 71.3 Å². The molecule has 0 aliphatic heterocycles. The van der Waals surface area contributed by atoms with Gasteiger partial charge in [-0.25, -0.2) is 0 Å². The first-order valence-corrected chi connectivity index (χ1v) is 6.04. The molecule has 14 heteroatoms. The van der Waals surface area contributed by atoms with E-state index in [1.54, 1.807) is 0 Å². The Morgan fingerprint density at radius 3 is 0.808 bits per heavy atom. The molecule has 0 aromatic heterocycles. The van der Waals surface area contributed by atoms with E-state index in [9.17, 15) is 52.7 Å². The molecule has 0 amide bonds. The summed E-state index contributed by atoms with van der Waals surface area (Å²) in [4.78, 5) is 0. The molecule has 0 fully saturated rings. The zero-order chi connectivity index (χ0) is 21.0. The van der Waals surface area contributed by atoms with Gasteiger partial charge in [-0.05, 0) is 0 Å². The molecule has 0 aliphatic rings. The van der Waals surface area contributed by atoms with E-state index in [0.29, 0.717) is 0 Å². The lowest BCUT2D eigenvalue weighted by Crippen LogP contribution is -2.53. The van der Waals surface area contributed by atoms with Crippen molar-refractivity contribution in [1.29, 1.82) is 0 Å². The Bertz CT molecular complexity index is 585. The van der Waals surface area contributed by atoms with Crippen LogP contribution in [-0.4, -0.2) is 34.3 Å². The first-order chi connectivity index (χ1) is 11.2. The number of aliphatic hydroxyl groups is 2. The highest BCUT2D eigenvalue weighted by atomic mass is 19.4. The summed E-state index contributed by atoms with van der Waals surface area (Å²) < 4.78 is 154. The van der Waals surface area contributed by atoms with Gasteiger partial charge in [0, 0.05) is 11.1 Å². The standard InChI is InChI=1S/C12H6F12O2/c13-7(14,9(17,18)11(21,22)25)5-1-2-6(4-3-5)8(15,16)10(19,20)12(23,24)26/h1-4,25-26H. The normalized spacial score (nSPS) is 15.3. The number of rotatable bonds is 6. The molecule has 1 rings (SSSR count). The van der Waals surface area contributed by atoms with Gasteiger partial charge in [-0.3, -0.25) is 0 Å². The van der Waals surface area contributed by atoms with Crippen LogP contribution in [-0.2, 0) is 11.8 Å². The molecule has 0 saturated heterocycles. The topological polar surface area (TPSA) is 40.5 Å². The fourth-order valence-electron chi connectivity index (χ4n) is 1.63. The molecule has 0 unspecified atom stereocenters. The van der Waals surface area contributed by atoms with E-state index in [1.165, 1.54) is 0 Å². The molecule has 0 bridgehead atoms. The Morgan fingerprint density at radius 2 is 0.654 bits per heavy atom. The molecule has 0 spiro atoms. The minimum atomic E-state index is -6.42. The predicted octanol–water partition coefficient (Wildman–Crippen LogP) is 4.31. The van der Waals surface area contributed by atoms with Crippen LogP contribution in [0.5, 0.6) is 0 Å². The Kier molecular flexibility index (Phi) is 5.07. The third kappa shape index (κ3) is 3.19. The highest BCUT2D eigenvalue weighted by molar-refractivity contribution is 5.31. The molecule has 1 aromatic rings. The molecule has 2 N–H and O–H groups in total. The smallest absolute Gasteiger partial charge is 0.331 e. The summed E-state index contributed by atoms with van der Waals surface area (Å²) in [6.07, 6.45) is -12.5. The van der Waals surface area contributed by atoms with Crippen molar-refractivity contribution in [1.82, 2.24) is 0 Å². The summed E-state index contributed by atoms with van der Waals surface area (Å²) >= 11 is 0. The SMILES string of the molecule is OC(F)(F)C(F)(F)C(F)(F)c1ccc(C(F)(F)C(F)(F)C(O)(F)F)cc1. The van der Waals surface area contributed by atoms with Crippen molar-refractivity contribution in [3.05, 3.63) is 35.4 Å². The van der Waals surface area contributed by atoms with Gasteiger partial charge in [-0.15, -0.1) is 0 Å². The lowest BCUT2D eigenvalue weighted by Gasteiger charge is -2.31. The molecule has 0 radical (unpaired) electrons. The van der Waals surface area contributed by atoms with Gasteiger partial charge < -0.3 is 10.2 Å². The zero-order valence-electron chi connectivity index (χ0n) is 11.7. The molecule has 0 atom stereocenters. The summed E-state index contributed by atoms with van der Waals surface area (Å²) in [5.41, 5.74) is -4.23. The summed E-state index contributed by atoms with van der Waals surface area (Å²) in [5.74, 6) is -24.6. The highest BCUT2D eigenvalue weighted by Crippen LogP contribution is 2.52. The molecule has 1 aromatic carbocycles. The van der Waals surface area contributed by atoms with Crippen molar-refractivity contribution in [2.24, 2.45) is 0 Å². The lowest BCUT2D eigenvalue weighted by atomic mass is 9.96. The number of alkyl halides is 12. The van der Waals surface area contributed by atoms with Crippen molar-refractivity contribution in [2.75, 3.05) is 0 Å². The molecule has 0 aliphatic carbocycles. The van der Waals surface area contributed by atoms with Crippen molar-refractivity contribution in [3.63, 3.8) is 0 Å². The van der Waals surface area contributed by atoms with Crippen LogP contribution in [0.25, 0.3) is 0 Å². The second kappa shape index (κ2) is 5.90. The number of hydrogen-bond acceptors (Lipinski definition) is 2. The van der Waals surface area contributed by atoms with Gasteiger partial charge in [0.1, 0.15) is 0 Å². The fourth-order valence-corrected chi connectivity index (χ4v) is 1.63. The predicted molar refractivity (Wildman–Crippen MR) is 58.5 cm³/mol. The molecule has 0 heterocycles. The summed E-state index contributed by atoms with van der Waals surface area (Å²) in [7, 11) is 0. The summed E-state index contributed by atoms with van der Waals surface area (Å²) in [5, 5.41) is 15.7. The first kappa shape index (κ1) is 22.3. The van der Waals surface area contributed by atoms with Crippen molar-refractivity contribution in [2.45, 2.75) is 35.9 Å². The average molecular weight is 410 g/mol. The van der Waals surface area contributed by atoms with Gasteiger partial charge in [0.15, 0.2) is 0 Å².